The number of rotatable bonds is 7. The normalized spacial score (nSPS) is 13.6. The largest absolute Gasteiger partial charge is 0.493 e. The average molecular weight is 499 g/mol. The van der Waals surface area contributed by atoms with Crippen molar-refractivity contribution in [1.29, 1.82) is 0 Å². The van der Waals surface area contributed by atoms with Crippen LogP contribution in [0.1, 0.15) is 16.7 Å². The van der Waals surface area contributed by atoms with E-state index in [0.717, 1.165) is 11.1 Å². The maximum atomic E-state index is 13.7. The highest BCUT2D eigenvalue weighted by molar-refractivity contribution is 7.81. The first-order valence-electron chi connectivity index (χ1n) is 11.3. The van der Waals surface area contributed by atoms with E-state index in [1.165, 1.54) is 16.9 Å². The number of benzene rings is 3. The number of ether oxygens (including phenoxy) is 2. The number of hydrogen-bond donors (Lipinski definition) is 0. The Balaban J connectivity index is 1.82. The summed E-state index contributed by atoms with van der Waals surface area (Å²) in [6, 6.07) is 20.0. The lowest BCUT2D eigenvalue weighted by Gasteiger charge is -2.36. The van der Waals surface area contributed by atoms with Crippen molar-refractivity contribution >= 4 is 46.6 Å². The summed E-state index contributed by atoms with van der Waals surface area (Å²) >= 11 is 5.69. The molecule has 0 aliphatic carbocycles. The number of nitrogens with zero attached hydrogens (tertiary/aromatic N) is 2. The van der Waals surface area contributed by atoms with Crippen LogP contribution in [0.2, 0.25) is 0 Å². The van der Waals surface area contributed by atoms with Crippen LogP contribution in [0, 0.1) is 13.8 Å². The van der Waals surface area contributed by atoms with Gasteiger partial charge in [-0.25, -0.2) is 0 Å². The number of aryl methyl sites for hydroxylation is 2. The molecule has 0 saturated carbocycles. The van der Waals surface area contributed by atoms with E-state index in [1.54, 1.807) is 30.4 Å². The summed E-state index contributed by atoms with van der Waals surface area (Å²) in [6.45, 7) is 7.90. The minimum Gasteiger partial charge on any atom is -0.493 e. The van der Waals surface area contributed by atoms with Gasteiger partial charge in [0.1, 0.15) is 12.2 Å². The molecule has 3 aromatic rings. The number of carbonyl (C=O) groups is 2. The molecule has 1 saturated heterocycles. The zero-order chi connectivity index (χ0) is 25.8. The van der Waals surface area contributed by atoms with Gasteiger partial charge in [-0.1, -0.05) is 54.1 Å². The molecule has 0 N–H and O–H groups in total. The Morgan fingerprint density at radius 3 is 1.83 bits per heavy atom. The Labute approximate surface area is 216 Å². The molecule has 2 amide bonds. The van der Waals surface area contributed by atoms with Gasteiger partial charge in [0.15, 0.2) is 16.6 Å². The summed E-state index contributed by atoms with van der Waals surface area (Å²) in [5, 5.41) is 0.0978. The van der Waals surface area contributed by atoms with E-state index in [-0.39, 0.29) is 10.7 Å². The number of methoxy groups -OCH3 is 1. The van der Waals surface area contributed by atoms with Crippen LogP contribution in [0.4, 0.5) is 11.4 Å². The number of hydrogen-bond acceptors (Lipinski definition) is 5. The molecule has 1 fully saturated rings. The van der Waals surface area contributed by atoms with Gasteiger partial charge in [-0.2, -0.15) is 0 Å². The fourth-order valence-corrected chi connectivity index (χ4v) is 4.16. The fourth-order valence-electron chi connectivity index (χ4n) is 3.78. The van der Waals surface area contributed by atoms with E-state index in [1.807, 2.05) is 62.4 Å². The van der Waals surface area contributed by atoms with Gasteiger partial charge in [-0.15, -0.1) is 0 Å². The summed E-state index contributed by atoms with van der Waals surface area (Å²) in [7, 11) is 1.53. The second-order valence-electron chi connectivity index (χ2n) is 8.30. The van der Waals surface area contributed by atoms with Gasteiger partial charge < -0.3 is 9.47 Å². The standard InChI is InChI=1S/C29H26N2O4S/c1-5-16-35-25-15-10-21(18-26(25)34-4)17-24-27(32)30(22-11-6-19(2)7-12-22)29(36)31(28(24)33)23-13-8-20(3)9-14-23/h5-15,17-18H,1,16H2,2-4H3. The van der Waals surface area contributed by atoms with Gasteiger partial charge in [-0.05, 0) is 74.1 Å². The SMILES string of the molecule is C=CCOc1ccc(C=C2C(=O)N(c3ccc(C)cc3)C(=S)N(c3ccc(C)cc3)C2=O)cc1OC. The molecular weight excluding hydrogens is 472 g/mol. The highest BCUT2D eigenvalue weighted by atomic mass is 32.1. The smallest absolute Gasteiger partial charge is 0.270 e. The third-order valence-electron chi connectivity index (χ3n) is 5.69. The van der Waals surface area contributed by atoms with Crippen LogP contribution in [-0.2, 0) is 9.59 Å². The maximum Gasteiger partial charge on any atom is 0.270 e. The first kappa shape index (κ1) is 24.9. The molecule has 36 heavy (non-hydrogen) atoms. The maximum absolute atomic E-state index is 13.7. The molecule has 6 nitrogen and oxygen atoms in total. The van der Waals surface area contributed by atoms with Crippen molar-refractivity contribution in [3.8, 4) is 11.5 Å². The lowest BCUT2D eigenvalue weighted by Crippen LogP contribution is -2.56. The molecule has 7 heteroatoms. The van der Waals surface area contributed by atoms with Gasteiger partial charge in [0.2, 0.25) is 0 Å². The fraction of sp³-hybridized carbons (Fsp3) is 0.138. The molecule has 0 aromatic heterocycles. The highest BCUT2D eigenvalue weighted by Gasteiger charge is 2.41. The van der Waals surface area contributed by atoms with Crippen molar-refractivity contribution in [3.05, 3.63) is 102 Å². The molecule has 182 valence electrons. The molecule has 0 atom stereocenters. The quantitative estimate of drug-likeness (QED) is 0.183. The third-order valence-corrected chi connectivity index (χ3v) is 6.05. The molecule has 0 radical (unpaired) electrons. The second kappa shape index (κ2) is 10.6. The molecule has 1 aliphatic heterocycles. The molecule has 4 rings (SSSR count). The highest BCUT2D eigenvalue weighted by Crippen LogP contribution is 2.32. The Bertz CT molecular complexity index is 1290. The van der Waals surface area contributed by atoms with Crippen LogP contribution in [-0.4, -0.2) is 30.6 Å². The Morgan fingerprint density at radius 2 is 1.36 bits per heavy atom. The van der Waals surface area contributed by atoms with Crippen molar-refractivity contribution < 1.29 is 19.1 Å². The van der Waals surface area contributed by atoms with E-state index in [2.05, 4.69) is 6.58 Å². The zero-order valence-corrected chi connectivity index (χ0v) is 21.2. The molecule has 0 bridgehead atoms. The van der Waals surface area contributed by atoms with Gasteiger partial charge in [-0.3, -0.25) is 19.4 Å². The second-order valence-corrected chi connectivity index (χ2v) is 8.67. The van der Waals surface area contributed by atoms with Crippen molar-refractivity contribution in [1.82, 2.24) is 0 Å². The first-order chi connectivity index (χ1) is 17.3. The lowest BCUT2D eigenvalue weighted by molar-refractivity contribution is -0.120. The average Bonchev–Trinajstić information content (AvgIpc) is 2.88. The topological polar surface area (TPSA) is 59.1 Å². The summed E-state index contributed by atoms with van der Waals surface area (Å²) in [5.41, 5.74) is 3.83. The minimum absolute atomic E-state index is 0.0217. The number of amides is 2. The van der Waals surface area contributed by atoms with Crippen molar-refractivity contribution in [2.45, 2.75) is 13.8 Å². The molecule has 1 heterocycles. The monoisotopic (exact) mass is 498 g/mol. The number of anilines is 2. The van der Waals surface area contributed by atoms with Crippen LogP contribution >= 0.6 is 12.2 Å². The van der Waals surface area contributed by atoms with E-state index >= 15 is 0 Å². The van der Waals surface area contributed by atoms with Gasteiger partial charge in [0, 0.05) is 0 Å². The predicted octanol–water partition coefficient (Wildman–Crippen LogP) is 5.63. The molecule has 1 aliphatic rings. The van der Waals surface area contributed by atoms with Gasteiger partial charge >= 0.3 is 0 Å². The van der Waals surface area contributed by atoms with Gasteiger partial charge in [0.05, 0.1) is 18.5 Å². The number of carbonyl (C=O) groups excluding carboxylic acids is 2. The first-order valence-corrected chi connectivity index (χ1v) is 11.7. The van der Waals surface area contributed by atoms with E-state index < -0.39 is 11.8 Å². The Kier molecular flexibility index (Phi) is 7.31. The lowest BCUT2D eigenvalue weighted by atomic mass is 10.0. The summed E-state index contributed by atoms with van der Waals surface area (Å²) < 4.78 is 11.1. The van der Waals surface area contributed by atoms with Crippen LogP contribution < -0.4 is 19.3 Å². The summed E-state index contributed by atoms with van der Waals surface area (Å²) in [4.78, 5) is 30.1. The molecule has 0 unspecified atom stereocenters. The summed E-state index contributed by atoms with van der Waals surface area (Å²) in [6.07, 6.45) is 3.19. The minimum atomic E-state index is -0.497. The molecule has 0 spiro atoms. The van der Waals surface area contributed by atoms with Crippen LogP contribution in [0.3, 0.4) is 0 Å². The summed E-state index contributed by atoms with van der Waals surface area (Å²) in [5.74, 6) is 0.0131. The molecular formula is C29H26N2O4S. The number of thiocarbonyl (C=S) groups is 1. The van der Waals surface area contributed by atoms with Crippen molar-refractivity contribution in [2.24, 2.45) is 0 Å². The van der Waals surface area contributed by atoms with Crippen LogP contribution in [0.15, 0.2) is 85.0 Å². The predicted molar refractivity (Wildman–Crippen MR) is 147 cm³/mol. The van der Waals surface area contributed by atoms with E-state index in [0.29, 0.717) is 35.0 Å². The van der Waals surface area contributed by atoms with Crippen LogP contribution in [0.25, 0.3) is 6.08 Å². The van der Waals surface area contributed by atoms with E-state index in [4.69, 9.17) is 21.7 Å². The van der Waals surface area contributed by atoms with Crippen molar-refractivity contribution in [2.75, 3.05) is 23.5 Å². The third kappa shape index (κ3) is 4.92. The van der Waals surface area contributed by atoms with E-state index in [9.17, 15) is 9.59 Å². The van der Waals surface area contributed by atoms with Crippen molar-refractivity contribution in [3.63, 3.8) is 0 Å². The zero-order valence-electron chi connectivity index (χ0n) is 20.4. The Morgan fingerprint density at radius 1 is 0.833 bits per heavy atom. The molecule has 3 aromatic carbocycles. The van der Waals surface area contributed by atoms with Gasteiger partial charge in [0.25, 0.3) is 11.8 Å². The van der Waals surface area contributed by atoms with Crippen LogP contribution in [0.5, 0.6) is 11.5 Å². The Hall–Kier alpha value is -4.23.